The first kappa shape index (κ1) is 25.7. The van der Waals surface area contributed by atoms with Gasteiger partial charge in [0.15, 0.2) is 0 Å². The lowest BCUT2D eigenvalue weighted by Crippen LogP contribution is -2.21. The molecule has 2 atom stereocenters. The number of amides is 1. The lowest BCUT2D eigenvalue weighted by Gasteiger charge is -2.14. The fourth-order valence-electron chi connectivity index (χ4n) is 3.03. The fraction of sp³-hybridized carbons (Fsp3) is 0.240. The molecule has 0 bridgehead atoms. The summed E-state index contributed by atoms with van der Waals surface area (Å²) in [6.45, 7) is 3.63. The van der Waals surface area contributed by atoms with E-state index in [1.54, 1.807) is 49.6 Å². The quantitative estimate of drug-likeness (QED) is 0.319. The molecule has 1 heterocycles. The minimum Gasteiger partial charge on any atom is -0.394 e. The van der Waals surface area contributed by atoms with Crippen molar-refractivity contribution < 1.29 is 14.1 Å². The summed E-state index contributed by atoms with van der Waals surface area (Å²) < 4.78 is 19.6. The van der Waals surface area contributed by atoms with E-state index in [0.29, 0.717) is 39.0 Å². The van der Waals surface area contributed by atoms with Crippen molar-refractivity contribution >= 4 is 33.1 Å². The summed E-state index contributed by atoms with van der Waals surface area (Å²) in [6.07, 6.45) is 2.94. The minimum atomic E-state index is -2.79. The average molecular weight is 493 g/mol. The molecule has 5 N–H and O–H groups in total. The zero-order valence-electron chi connectivity index (χ0n) is 20.0. The molecule has 0 aliphatic heterocycles. The van der Waals surface area contributed by atoms with Crippen molar-refractivity contribution in [1.82, 2.24) is 15.3 Å². The molecule has 0 radical (unpaired) electrons. The van der Waals surface area contributed by atoms with Gasteiger partial charge in [0.1, 0.15) is 5.82 Å². The number of hydrogen-bond donors (Lipinski definition) is 5. The van der Waals surface area contributed by atoms with Crippen LogP contribution in [0.5, 0.6) is 0 Å². The van der Waals surface area contributed by atoms with Gasteiger partial charge in [0.05, 0.1) is 28.1 Å². The standard InChI is InChI=1S/C25H28N6O3S/c1-16-5-6-19(24(33)27-3)13-18(16)7-8-20-14-28-25(31-23(20)29-17(2)15-32)30-21-9-11-22(12-10-21)35(4,26)34/h5-6,9-14,17,26,32H,15H2,1-4H3,(H,27,33)(H2,28,29,30,31)/t17-,35?/m1/s1. The van der Waals surface area contributed by atoms with Gasteiger partial charge in [0.2, 0.25) is 5.95 Å². The van der Waals surface area contributed by atoms with Crippen LogP contribution in [0.1, 0.15) is 34.0 Å². The van der Waals surface area contributed by atoms with E-state index in [1.165, 1.54) is 6.26 Å². The molecule has 0 spiro atoms. The van der Waals surface area contributed by atoms with Crippen LogP contribution >= 0.6 is 0 Å². The van der Waals surface area contributed by atoms with Gasteiger partial charge in [-0.2, -0.15) is 4.98 Å². The van der Waals surface area contributed by atoms with E-state index in [0.717, 1.165) is 5.56 Å². The Balaban J connectivity index is 1.93. The number of nitrogens with zero attached hydrogens (tertiary/aromatic N) is 2. The maximum absolute atomic E-state index is 12.0. The Hall–Kier alpha value is -3.94. The largest absolute Gasteiger partial charge is 0.394 e. The maximum atomic E-state index is 12.0. The van der Waals surface area contributed by atoms with Crippen LogP contribution in [0.15, 0.2) is 53.6 Å². The SMILES string of the molecule is CNC(=O)c1ccc(C)c(C#Cc2cnc(Nc3ccc(S(C)(=N)=O)cc3)nc2N[C@H](C)CO)c1. The number of carbonyl (C=O) groups is 1. The number of hydrogen-bond acceptors (Lipinski definition) is 8. The van der Waals surface area contributed by atoms with Gasteiger partial charge in [0.25, 0.3) is 5.91 Å². The minimum absolute atomic E-state index is 0.0994. The Kier molecular flexibility index (Phi) is 8.06. The van der Waals surface area contributed by atoms with Gasteiger partial charge in [-0.25, -0.2) is 14.0 Å². The molecule has 3 rings (SSSR count). The monoisotopic (exact) mass is 492 g/mol. The molecule has 2 aromatic carbocycles. The highest BCUT2D eigenvalue weighted by molar-refractivity contribution is 7.91. The van der Waals surface area contributed by atoms with Crippen LogP contribution in [-0.2, 0) is 9.73 Å². The van der Waals surface area contributed by atoms with Crippen LogP contribution in [0.4, 0.5) is 17.5 Å². The van der Waals surface area contributed by atoms with Gasteiger partial charge < -0.3 is 21.1 Å². The summed E-state index contributed by atoms with van der Waals surface area (Å²) in [7, 11) is -1.22. The normalized spacial score (nSPS) is 13.1. The summed E-state index contributed by atoms with van der Waals surface area (Å²) in [5.41, 5.74) is 3.34. The third kappa shape index (κ3) is 6.79. The van der Waals surface area contributed by atoms with Crippen LogP contribution in [0.3, 0.4) is 0 Å². The number of carbonyl (C=O) groups excluding carboxylic acids is 1. The first-order valence-electron chi connectivity index (χ1n) is 10.8. The third-order valence-corrected chi connectivity index (χ3v) is 6.24. The number of aliphatic hydroxyl groups excluding tert-OH is 1. The summed E-state index contributed by atoms with van der Waals surface area (Å²) in [4.78, 5) is 21.3. The number of anilines is 3. The number of nitrogens with one attached hydrogen (secondary N) is 4. The van der Waals surface area contributed by atoms with Crippen molar-refractivity contribution in [1.29, 1.82) is 4.78 Å². The van der Waals surface area contributed by atoms with Crippen molar-refractivity contribution in [3.05, 3.63) is 70.9 Å². The molecule has 9 nitrogen and oxygen atoms in total. The molecule has 35 heavy (non-hydrogen) atoms. The Labute approximate surface area is 205 Å². The van der Waals surface area contributed by atoms with Crippen molar-refractivity contribution in [2.75, 3.05) is 30.5 Å². The molecule has 0 fully saturated rings. The Morgan fingerprint density at radius 1 is 1.17 bits per heavy atom. The predicted octanol–water partition coefficient (Wildman–Crippen LogP) is 3.12. The molecule has 10 heteroatoms. The summed E-state index contributed by atoms with van der Waals surface area (Å²) in [6, 6.07) is 11.7. The maximum Gasteiger partial charge on any atom is 0.251 e. The van der Waals surface area contributed by atoms with Crippen LogP contribution in [-0.4, -0.2) is 51.1 Å². The molecular weight excluding hydrogens is 464 g/mol. The fourth-order valence-corrected chi connectivity index (χ4v) is 3.68. The molecule has 0 aliphatic carbocycles. The van der Waals surface area contributed by atoms with Crippen LogP contribution in [0.25, 0.3) is 0 Å². The summed E-state index contributed by atoms with van der Waals surface area (Å²) in [5.74, 6) is 6.71. The van der Waals surface area contributed by atoms with Gasteiger partial charge >= 0.3 is 0 Å². The van der Waals surface area contributed by atoms with Crippen LogP contribution in [0, 0.1) is 23.5 Å². The molecule has 1 amide bonds. The zero-order chi connectivity index (χ0) is 25.6. The highest BCUT2D eigenvalue weighted by Gasteiger charge is 2.11. The third-order valence-electron chi connectivity index (χ3n) is 5.06. The van der Waals surface area contributed by atoms with Crippen molar-refractivity contribution in [2.45, 2.75) is 24.8 Å². The Bertz CT molecular complexity index is 1390. The number of aromatic nitrogens is 2. The van der Waals surface area contributed by atoms with Crippen LogP contribution < -0.4 is 16.0 Å². The predicted molar refractivity (Wildman–Crippen MR) is 138 cm³/mol. The van der Waals surface area contributed by atoms with Crippen LogP contribution in [0.2, 0.25) is 0 Å². The van der Waals surface area contributed by atoms with Gasteiger partial charge in [-0.05, 0) is 55.8 Å². The lowest BCUT2D eigenvalue weighted by molar-refractivity contribution is 0.0963. The van der Waals surface area contributed by atoms with E-state index >= 15 is 0 Å². The molecule has 0 saturated carbocycles. The lowest BCUT2D eigenvalue weighted by atomic mass is 10.0. The average Bonchev–Trinajstić information content (AvgIpc) is 2.83. The van der Waals surface area contributed by atoms with Crippen molar-refractivity contribution in [3.8, 4) is 11.8 Å². The van der Waals surface area contributed by atoms with E-state index in [-0.39, 0.29) is 18.6 Å². The molecule has 3 aromatic rings. The summed E-state index contributed by atoms with van der Waals surface area (Å²) >= 11 is 0. The number of rotatable bonds is 7. The van der Waals surface area contributed by atoms with Gasteiger partial charge in [-0.1, -0.05) is 17.9 Å². The van der Waals surface area contributed by atoms with Gasteiger partial charge in [-0.15, -0.1) is 0 Å². The molecule has 1 unspecified atom stereocenters. The molecule has 0 aliphatic rings. The van der Waals surface area contributed by atoms with Gasteiger partial charge in [-0.3, -0.25) is 4.79 Å². The van der Waals surface area contributed by atoms with E-state index in [9.17, 15) is 14.1 Å². The number of aliphatic hydroxyl groups is 1. The smallest absolute Gasteiger partial charge is 0.251 e. The molecule has 182 valence electrons. The van der Waals surface area contributed by atoms with E-state index in [2.05, 4.69) is 37.8 Å². The molecule has 0 saturated heterocycles. The highest BCUT2D eigenvalue weighted by Crippen LogP contribution is 2.20. The topological polar surface area (TPSA) is 140 Å². The van der Waals surface area contributed by atoms with Crippen molar-refractivity contribution in [2.24, 2.45) is 0 Å². The summed E-state index contributed by atoms with van der Waals surface area (Å²) in [5, 5.41) is 18.3. The number of benzene rings is 2. The Morgan fingerprint density at radius 3 is 2.49 bits per heavy atom. The van der Waals surface area contributed by atoms with E-state index in [1.807, 2.05) is 19.9 Å². The first-order valence-corrected chi connectivity index (χ1v) is 12.8. The highest BCUT2D eigenvalue weighted by atomic mass is 32.2. The number of aryl methyl sites for hydroxylation is 1. The van der Waals surface area contributed by atoms with Gasteiger partial charge in [0, 0.05) is 41.1 Å². The molecular formula is C25H28N6O3S. The van der Waals surface area contributed by atoms with E-state index in [4.69, 9.17) is 4.78 Å². The zero-order valence-corrected chi connectivity index (χ0v) is 20.8. The first-order chi connectivity index (χ1) is 16.6. The van der Waals surface area contributed by atoms with E-state index < -0.39 is 9.73 Å². The Morgan fingerprint density at radius 2 is 1.86 bits per heavy atom. The second-order valence-electron chi connectivity index (χ2n) is 8.04. The second-order valence-corrected chi connectivity index (χ2v) is 10.2. The second kappa shape index (κ2) is 11.0. The van der Waals surface area contributed by atoms with Crippen molar-refractivity contribution in [3.63, 3.8) is 0 Å². The molecule has 1 aromatic heterocycles.